The van der Waals surface area contributed by atoms with E-state index in [9.17, 15) is 0 Å². The van der Waals surface area contributed by atoms with Crippen LogP contribution in [0.4, 0.5) is 0 Å². The molecule has 1 aromatic carbocycles. The van der Waals surface area contributed by atoms with Gasteiger partial charge in [-0.25, -0.2) is 0 Å². The Bertz CT molecular complexity index is 525. The summed E-state index contributed by atoms with van der Waals surface area (Å²) < 4.78 is 5.98. The van der Waals surface area contributed by atoms with Crippen LogP contribution in [0.15, 0.2) is 17.9 Å². The summed E-state index contributed by atoms with van der Waals surface area (Å²) in [6.45, 7) is 0.807. The molecule has 1 nitrogen and oxygen atoms in total. The largest absolute Gasteiger partial charge is 0.493 e. The maximum Gasteiger partial charge on any atom is 0.113 e. The Labute approximate surface area is 109 Å². The van der Waals surface area contributed by atoms with Gasteiger partial charge in [-0.1, -0.05) is 12.1 Å². The van der Waals surface area contributed by atoms with Crippen LogP contribution in [0.5, 0.6) is 0 Å². The van der Waals surface area contributed by atoms with Crippen molar-refractivity contribution < 1.29 is 4.74 Å². The van der Waals surface area contributed by atoms with E-state index >= 15 is 0 Å². The SMILES string of the molecule is c1cc2c(c3c1CCCC3)C1=C(CCCC1)OC2. The van der Waals surface area contributed by atoms with Crippen LogP contribution in [0, 0.1) is 0 Å². The van der Waals surface area contributed by atoms with Crippen molar-refractivity contribution in [1.82, 2.24) is 0 Å². The van der Waals surface area contributed by atoms with Gasteiger partial charge in [0.2, 0.25) is 0 Å². The Morgan fingerprint density at radius 2 is 1.56 bits per heavy atom. The highest BCUT2D eigenvalue weighted by Crippen LogP contribution is 2.42. The number of hydrogen-bond acceptors (Lipinski definition) is 1. The second kappa shape index (κ2) is 4.15. The highest BCUT2D eigenvalue weighted by molar-refractivity contribution is 5.75. The average Bonchev–Trinajstić information content (AvgIpc) is 2.46. The van der Waals surface area contributed by atoms with Gasteiger partial charge in [0.15, 0.2) is 0 Å². The van der Waals surface area contributed by atoms with Gasteiger partial charge in [0.05, 0.1) is 0 Å². The summed E-state index contributed by atoms with van der Waals surface area (Å²) in [7, 11) is 0. The zero-order valence-corrected chi connectivity index (χ0v) is 10.9. The molecule has 94 valence electrons. The number of benzene rings is 1. The first kappa shape index (κ1) is 10.7. The molecule has 0 fully saturated rings. The number of hydrogen-bond donors (Lipinski definition) is 0. The number of fused-ring (bicyclic) bond motifs is 4. The van der Waals surface area contributed by atoms with Crippen LogP contribution in [-0.4, -0.2) is 0 Å². The van der Waals surface area contributed by atoms with Crippen molar-refractivity contribution in [2.24, 2.45) is 0 Å². The first-order valence-electron chi connectivity index (χ1n) is 7.42. The lowest BCUT2D eigenvalue weighted by molar-refractivity contribution is 0.179. The van der Waals surface area contributed by atoms with Crippen LogP contribution in [0.1, 0.15) is 60.8 Å². The van der Waals surface area contributed by atoms with Crippen molar-refractivity contribution in [1.29, 1.82) is 0 Å². The van der Waals surface area contributed by atoms with E-state index in [1.165, 1.54) is 62.7 Å². The van der Waals surface area contributed by atoms with E-state index in [2.05, 4.69) is 12.1 Å². The standard InChI is InChI=1S/C17H20O/c1-2-6-14-12(5-1)9-10-13-11-18-16-8-4-3-7-15(16)17(13)14/h9-10H,1-8,11H2. The van der Waals surface area contributed by atoms with E-state index < -0.39 is 0 Å². The van der Waals surface area contributed by atoms with E-state index in [-0.39, 0.29) is 0 Å². The molecule has 1 heterocycles. The van der Waals surface area contributed by atoms with Gasteiger partial charge in [-0.05, 0) is 72.8 Å². The summed E-state index contributed by atoms with van der Waals surface area (Å²) in [6, 6.07) is 4.67. The molecule has 4 rings (SSSR count). The fourth-order valence-corrected chi connectivity index (χ4v) is 3.84. The predicted molar refractivity (Wildman–Crippen MR) is 73.3 cm³/mol. The summed E-state index contributed by atoms with van der Waals surface area (Å²) >= 11 is 0. The van der Waals surface area contributed by atoms with Crippen molar-refractivity contribution in [3.05, 3.63) is 40.1 Å². The van der Waals surface area contributed by atoms with Gasteiger partial charge in [0.1, 0.15) is 12.4 Å². The Morgan fingerprint density at radius 1 is 0.778 bits per heavy atom. The minimum absolute atomic E-state index is 0.807. The van der Waals surface area contributed by atoms with Gasteiger partial charge in [-0.3, -0.25) is 0 Å². The second-order valence-electron chi connectivity index (χ2n) is 5.84. The summed E-state index contributed by atoms with van der Waals surface area (Å²) in [5.41, 5.74) is 7.88. The molecule has 0 aromatic heterocycles. The van der Waals surface area contributed by atoms with Gasteiger partial charge in [0.25, 0.3) is 0 Å². The molecule has 3 aliphatic rings. The summed E-state index contributed by atoms with van der Waals surface area (Å²) in [4.78, 5) is 0. The van der Waals surface area contributed by atoms with Gasteiger partial charge in [0, 0.05) is 6.42 Å². The van der Waals surface area contributed by atoms with Gasteiger partial charge < -0.3 is 4.74 Å². The lowest BCUT2D eigenvalue weighted by Gasteiger charge is -2.31. The molecule has 0 radical (unpaired) electrons. The third-order valence-electron chi connectivity index (χ3n) is 4.74. The van der Waals surface area contributed by atoms with E-state index in [0.29, 0.717) is 0 Å². The van der Waals surface area contributed by atoms with Crippen molar-refractivity contribution in [3.8, 4) is 0 Å². The molecule has 2 aliphatic carbocycles. The Balaban J connectivity index is 1.92. The first-order chi connectivity index (χ1) is 8.93. The van der Waals surface area contributed by atoms with Crippen LogP contribution in [0.25, 0.3) is 5.57 Å². The number of aryl methyl sites for hydroxylation is 1. The van der Waals surface area contributed by atoms with Crippen molar-refractivity contribution in [2.75, 3.05) is 0 Å². The maximum atomic E-state index is 5.98. The molecular formula is C17H20O. The van der Waals surface area contributed by atoms with E-state index in [1.807, 2.05) is 0 Å². The molecule has 0 unspecified atom stereocenters. The monoisotopic (exact) mass is 240 g/mol. The average molecular weight is 240 g/mol. The number of ether oxygens (including phenoxy) is 1. The molecular weight excluding hydrogens is 220 g/mol. The Morgan fingerprint density at radius 3 is 2.56 bits per heavy atom. The minimum Gasteiger partial charge on any atom is -0.493 e. The molecule has 1 heteroatoms. The lowest BCUT2D eigenvalue weighted by Crippen LogP contribution is -2.16. The zero-order chi connectivity index (χ0) is 11.9. The minimum atomic E-state index is 0.807. The summed E-state index contributed by atoms with van der Waals surface area (Å²) in [5, 5.41) is 0. The number of rotatable bonds is 0. The molecule has 0 saturated carbocycles. The lowest BCUT2D eigenvalue weighted by atomic mass is 9.79. The molecule has 1 aromatic rings. The Kier molecular flexibility index (Phi) is 2.46. The Hall–Kier alpha value is -1.24. The third-order valence-corrected chi connectivity index (χ3v) is 4.74. The van der Waals surface area contributed by atoms with Crippen LogP contribution in [0.3, 0.4) is 0 Å². The summed E-state index contributed by atoms with van der Waals surface area (Å²) in [5.74, 6) is 1.31. The van der Waals surface area contributed by atoms with E-state index in [1.54, 1.807) is 22.3 Å². The molecule has 0 bridgehead atoms. The van der Waals surface area contributed by atoms with Gasteiger partial charge in [-0.15, -0.1) is 0 Å². The van der Waals surface area contributed by atoms with Crippen molar-refractivity contribution in [2.45, 2.75) is 58.0 Å². The van der Waals surface area contributed by atoms with Crippen molar-refractivity contribution >= 4 is 5.57 Å². The molecule has 0 spiro atoms. The van der Waals surface area contributed by atoms with E-state index in [4.69, 9.17) is 4.74 Å². The fraction of sp³-hybridized carbons (Fsp3) is 0.529. The van der Waals surface area contributed by atoms with E-state index in [0.717, 1.165) is 6.61 Å². The third kappa shape index (κ3) is 1.53. The highest BCUT2D eigenvalue weighted by atomic mass is 16.5. The zero-order valence-electron chi connectivity index (χ0n) is 10.9. The second-order valence-corrected chi connectivity index (χ2v) is 5.84. The molecule has 0 saturated heterocycles. The fourth-order valence-electron chi connectivity index (χ4n) is 3.84. The highest BCUT2D eigenvalue weighted by Gasteiger charge is 2.27. The predicted octanol–water partition coefficient (Wildman–Crippen LogP) is 4.38. The smallest absolute Gasteiger partial charge is 0.113 e. The van der Waals surface area contributed by atoms with Crippen molar-refractivity contribution in [3.63, 3.8) is 0 Å². The van der Waals surface area contributed by atoms with Crippen LogP contribution in [-0.2, 0) is 24.2 Å². The first-order valence-corrected chi connectivity index (χ1v) is 7.42. The van der Waals surface area contributed by atoms with Crippen LogP contribution < -0.4 is 0 Å². The topological polar surface area (TPSA) is 9.23 Å². The molecule has 0 amide bonds. The maximum absolute atomic E-state index is 5.98. The summed E-state index contributed by atoms with van der Waals surface area (Å²) in [6.07, 6.45) is 10.4. The number of allylic oxidation sites excluding steroid dienone is 2. The van der Waals surface area contributed by atoms with Crippen LogP contribution in [0.2, 0.25) is 0 Å². The van der Waals surface area contributed by atoms with Gasteiger partial charge >= 0.3 is 0 Å². The molecule has 1 aliphatic heterocycles. The molecule has 0 N–H and O–H groups in total. The normalized spacial score (nSPS) is 21.8. The molecule has 18 heavy (non-hydrogen) atoms. The molecule has 0 atom stereocenters. The quantitative estimate of drug-likeness (QED) is 0.654. The van der Waals surface area contributed by atoms with Crippen LogP contribution >= 0.6 is 0 Å². The van der Waals surface area contributed by atoms with Gasteiger partial charge in [-0.2, -0.15) is 0 Å².